The van der Waals surface area contributed by atoms with Crippen LogP contribution < -0.4 is 5.32 Å². The highest BCUT2D eigenvalue weighted by atomic mass is 19.1. The Labute approximate surface area is 112 Å². The smallest absolute Gasteiger partial charge is 0.130 e. The Hall–Kier alpha value is -1.00. The number of nitrogens with zero attached hydrogens (tertiary/aromatic N) is 1. The molecule has 0 spiro atoms. The Morgan fingerprint density at radius 1 is 1.26 bits per heavy atom. The van der Waals surface area contributed by atoms with Crippen molar-refractivity contribution in [3.05, 3.63) is 35.4 Å². The summed E-state index contributed by atoms with van der Waals surface area (Å²) in [5, 5.41) is 3.46. The highest BCUT2D eigenvalue weighted by Gasteiger charge is 2.34. The van der Waals surface area contributed by atoms with E-state index >= 15 is 0 Å². The van der Waals surface area contributed by atoms with Crippen molar-refractivity contribution in [3.63, 3.8) is 0 Å². The third kappa shape index (κ3) is 2.95. The zero-order chi connectivity index (χ0) is 13.4. The summed E-state index contributed by atoms with van der Waals surface area (Å²) in [5.74, 6) is -0.980. The van der Waals surface area contributed by atoms with Gasteiger partial charge in [-0.2, -0.15) is 0 Å². The Morgan fingerprint density at radius 2 is 2.05 bits per heavy atom. The van der Waals surface area contributed by atoms with Gasteiger partial charge in [0, 0.05) is 42.8 Å². The van der Waals surface area contributed by atoms with Gasteiger partial charge >= 0.3 is 0 Å². The third-order valence-electron chi connectivity index (χ3n) is 4.20. The monoisotopic (exact) mass is 266 g/mol. The van der Waals surface area contributed by atoms with Crippen molar-refractivity contribution >= 4 is 0 Å². The number of halogens is 2. The molecule has 1 saturated carbocycles. The molecule has 2 atom stereocenters. The summed E-state index contributed by atoms with van der Waals surface area (Å²) >= 11 is 0. The number of hydrogen-bond acceptors (Lipinski definition) is 2. The molecule has 1 saturated heterocycles. The Morgan fingerprint density at radius 3 is 2.74 bits per heavy atom. The zero-order valence-electron chi connectivity index (χ0n) is 11.2. The molecule has 1 aliphatic carbocycles. The van der Waals surface area contributed by atoms with Gasteiger partial charge in [0.05, 0.1) is 0 Å². The topological polar surface area (TPSA) is 15.3 Å². The second kappa shape index (κ2) is 5.17. The van der Waals surface area contributed by atoms with Gasteiger partial charge in [0.15, 0.2) is 0 Å². The van der Waals surface area contributed by atoms with E-state index < -0.39 is 11.6 Å². The van der Waals surface area contributed by atoms with Crippen LogP contribution in [0.1, 0.15) is 37.8 Å². The molecule has 2 fully saturated rings. The fourth-order valence-corrected chi connectivity index (χ4v) is 2.99. The molecule has 4 heteroatoms. The van der Waals surface area contributed by atoms with Crippen molar-refractivity contribution in [1.82, 2.24) is 10.2 Å². The van der Waals surface area contributed by atoms with Gasteiger partial charge in [0.2, 0.25) is 0 Å². The first kappa shape index (κ1) is 13.0. The van der Waals surface area contributed by atoms with Crippen molar-refractivity contribution in [2.45, 2.75) is 44.3 Å². The van der Waals surface area contributed by atoms with E-state index in [2.05, 4.69) is 10.2 Å². The second-order valence-corrected chi connectivity index (χ2v) is 5.77. The maximum atomic E-state index is 13.7. The van der Waals surface area contributed by atoms with E-state index in [1.54, 1.807) is 0 Å². The van der Waals surface area contributed by atoms with E-state index in [4.69, 9.17) is 0 Å². The molecule has 0 aromatic heterocycles. The minimum Gasteiger partial charge on any atom is -0.306 e. The summed E-state index contributed by atoms with van der Waals surface area (Å²) < 4.78 is 26.6. The van der Waals surface area contributed by atoms with Crippen LogP contribution >= 0.6 is 0 Å². The maximum absolute atomic E-state index is 13.7. The summed E-state index contributed by atoms with van der Waals surface area (Å²) in [6.07, 6.45) is 3.77. The number of hydrogen-bond donors (Lipinski definition) is 1. The molecule has 1 N–H and O–H groups in total. The quantitative estimate of drug-likeness (QED) is 0.901. The largest absolute Gasteiger partial charge is 0.306 e. The number of nitrogens with one attached hydrogen (secondary N) is 1. The third-order valence-corrected chi connectivity index (χ3v) is 4.20. The minimum absolute atomic E-state index is 0.0789. The highest BCUT2D eigenvalue weighted by Crippen LogP contribution is 2.30. The van der Waals surface area contributed by atoms with Gasteiger partial charge in [0.25, 0.3) is 0 Å². The predicted octanol–water partition coefficient (Wildman–Crippen LogP) is 2.85. The van der Waals surface area contributed by atoms with Gasteiger partial charge in [-0.1, -0.05) is 6.07 Å². The Bertz CT molecular complexity index is 459. The molecule has 0 amide bonds. The van der Waals surface area contributed by atoms with Crippen LogP contribution in [-0.2, 0) is 0 Å². The number of likely N-dealkylation sites (tertiary alicyclic amines) is 1. The van der Waals surface area contributed by atoms with Crippen LogP contribution in [0.25, 0.3) is 0 Å². The van der Waals surface area contributed by atoms with E-state index in [1.807, 2.05) is 6.92 Å². The SMILES string of the molecule is CC(NC1CCN(C2CC2)C1)c1ccc(F)cc1F. The summed E-state index contributed by atoms with van der Waals surface area (Å²) in [7, 11) is 0. The molecule has 0 radical (unpaired) electrons. The first-order valence-corrected chi connectivity index (χ1v) is 7.08. The molecular weight excluding hydrogens is 246 g/mol. The van der Waals surface area contributed by atoms with Crippen molar-refractivity contribution in [1.29, 1.82) is 0 Å². The first-order valence-electron chi connectivity index (χ1n) is 7.08. The molecule has 3 rings (SSSR count). The van der Waals surface area contributed by atoms with E-state index in [-0.39, 0.29) is 6.04 Å². The molecule has 1 aromatic carbocycles. The lowest BCUT2D eigenvalue weighted by atomic mass is 10.1. The number of benzene rings is 1. The normalized spacial score (nSPS) is 25.7. The van der Waals surface area contributed by atoms with Gasteiger partial charge in [-0.25, -0.2) is 8.78 Å². The lowest BCUT2D eigenvalue weighted by molar-refractivity contribution is 0.313. The van der Waals surface area contributed by atoms with Gasteiger partial charge in [0.1, 0.15) is 11.6 Å². The van der Waals surface area contributed by atoms with Crippen LogP contribution in [0.3, 0.4) is 0 Å². The van der Waals surface area contributed by atoms with Crippen molar-refractivity contribution < 1.29 is 8.78 Å². The van der Waals surface area contributed by atoms with E-state index in [9.17, 15) is 8.78 Å². The molecule has 1 aromatic rings. The average Bonchev–Trinajstić information content (AvgIpc) is 3.10. The lowest BCUT2D eigenvalue weighted by Crippen LogP contribution is -2.35. The van der Waals surface area contributed by atoms with Gasteiger partial charge < -0.3 is 5.32 Å². The Balaban J connectivity index is 1.60. The van der Waals surface area contributed by atoms with E-state index in [0.29, 0.717) is 11.6 Å². The first-order chi connectivity index (χ1) is 9.13. The molecule has 2 unspecified atom stereocenters. The van der Waals surface area contributed by atoms with Gasteiger partial charge in [-0.05, 0) is 32.3 Å². The molecule has 104 valence electrons. The van der Waals surface area contributed by atoms with Gasteiger partial charge in [-0.15, -0.1) is 0 Å². The van der Waals surface area contributed by atoms with Crippen LogP contribution in [0.2, 0.25) is 0 Å². The van der Waals surface area contributed by atoms with Crippen LogP contribution in [0.5, 0.6) is 0 Å². The molecule has 0 bridgehead atoms. The summed E-state index contributed by atoms with van der Waals surface area (Å²) in [6.45, 7) is 4.13. The summed E-state index contributed by atoms with van der Waals surface area (Å²) in [4.78, 5) is 2.52. The fraction of sp³-hybridized carbons (Fsp3) is 0.600. The standard InChI is InChI=1S/C15H20F2N2/c1-10(14-5-2-11(16)8-15(14)17)18-12-6-7-19(9-12)13-3-4-13/h2,5,8,10,12-13,18H,3-4,6-7,9H2,1H3. The van der Waals surface area contributed by atoms with Gasteiger partial charge in [-0.3, -0.25) is 4.90 Å². The highest BCUT2D eigenvalue weighted by molar-refractivity contribution is 5.21. The molecule has 2 aliphatic rings. The fourth-order valence-electron chi connectivity index (χ4n) is 2.99. The van der Waals surface area contributed by atoms with Crippen LogP contribution in [0.15, 0.2) is 18.2 Å². The summed E-state index contributed by atoms with van der Waals surface area (Å²) in [6, 6.07) is 4.95. The summed E-state index contributed by atoms with van der Waals surface area (Å²) in [5.41, 5.74) is 0.547. The molecule has 1 aliphatic heterocycles. The minimum atomic E-state index is -0.519. The van der Waals surface area contributed by atoms with E-state index in [1.165, 1.54) is 25.0 Å². The average molecular weight is 266 g/mol. The second-order valence-electron chi connectivity index (χ2n) is 5.77. The van der Waals surface area contributed by atoms with Crippen molar-refractivity contribution in [3.8, 4) is 0 Å². The molecule has 19 heavy (non-hydrogen) atoms. The zero-order valence-corrected chi connectivity index (χ0v) is 11.2. The Kier molecular flexibility index (Phi) is 3.54. The number of rotatable bonds is 4. The van der Waals surface area contributed by atoms with Crippen LogP contribution in [-0.4, -0.2) is 30.1 Å². The van der Waals surface area contributed by atoms with Crippen molar-refractivity contribution in [2.24, 2.45) is 0 Å². The molecular formula is C15H20F2N2. The van der Waals surface area contributed by atoms with Crippen molar-refractivity contribution in [2.75, 3.05) is 13.1 Å². The molecule has 2 nitrogen and oxygen atoms in total. The lowest BCUT2D eigenvalue weighted by Gasteiger charge is -2.21. The van der Waals surface area contributed by atoms with Crippen LogP contribution in [0.4, 0.5) is 8.78 Å². The van der Waals surface area contributed by atoms with E-state index in [0.717, 1.165) is 31.6 Å². The molecule has 1 heterocycles. The van der Waals surface area contributed by atoms with Crippen LogP contribution in [0, 0.1) is 11.6 Å². The predicted molar refractivity (Wildman–Crippen MR) is 70.9 cm³/mol. The maximum Gasteiger partial charge on any atom is 0.130 e.